The molecular formula is C14H11BrCl2FN. The number of rotatable bonds is 3. The number of halogens is 4. The average molecular weight is 363 g/mol. The van der Waals surface area contributed by atoms with Gasteiger partial charge in [-0.1, -0.05) is 35.3 Å². The van der Waals surface area contributed by atoms with Crippen molar-refractivity contribution in [2.24, 2.45) is 5.73 Å². The lowest BCUT2D eigenvalue weighted by Crippen LogP contribution is -2.13. The molecule has 5 heteroatoms. The third-order valence-electron chi connectivity index (χ3n) is 2.83. The summed E-state index contributed by atoms with van der Waals surface area (Å²) in [5.41, 5.74) is 7.70. The van der Waals surface area contributed by atoms with Gasteiger partial charge in [0, 0.05) is 16.1 Å². The van der Waals surface area contributed by atoms with Crippen molar-refractivity contribution in [2.45, 2.75) is 12.5 Å². The van der Waals surface area contributed by atoms with Gasteiger partial charge in [0.25, 0.3) is 0 Å². The summed E-state index contributed by atoms with van der Waals surface area (Å²) in [7, 11) is 0. The molecule has 0 aliphatic rings. The number of nitrogens with two attached hydrogens (primary N) is 1. The van der Waals surface area contributed by atoms with Gasteiger partial charge in [0.15, 0.2) is 0 Å². The molecule has 100 valence electrons. The minimum absolute atomic E-state index is 0.318. The molecular weight excluding hydrogens is 352 g/mol. The Morgan fingerprint density at radius 3 is 2.53 bits per heavy atom. The van der Waals surface area contributed by atoms with Gasteiger partial charge in [0.05, 0.1) is 4.47 Å². The van der Waals surface area contributed by atoms with E-state index in [0.29, 0.717) is 20.9 Å². The second-order valence-electron chi connectivity index (χ2n) is 4.22. The molecule has 0 heterocycles. The van der Waals surface area contributed by atoms with E-state index in [1.165, 1.54) is 6.07 Å². The maximum absolute atomic E-state index is 13.5. The van der Waals surface area contributed by atoms with Crippen molar-refractivity contribution in [3.05, 3.63) is 67.9 Å². The molecule has 1 nitrogen and oxygen atoms in total. The van der Waals surface area contributed by atoms with Gasteiger partial charge in [-0.25, -0.2) is 4.39 Å². The zero-order valence-corrected chi connectivity index (χ0v) is 12.9. The van der Waals surface area contributed by atoms with Gasteiger partial charge < -0.3 is 5.73 Å². The van der Waals surface area contributed by atoms with E-state index in [1.54, 1.807) is 24.3 Å². The fourth-order valence-electron chi connectivity index (χ4n) is 1.79. The Hall–Kier alpha value is -0.610. The smallest absolute Gasteiger partial charge is 0.137 e. The van der Waals surface area contributed by atoms with E-state index in [-0.39, 0.29) is 11.9 Å². The molecule has 2 aromatic carbocycles. The summed E-state index contributed by atoms with van der Waals surface area (Å²) < 4.78 is 13.9. The predicted molar refractivity (Wildman–Crippen MR) is 81.2 cm³/mol. The highest BCUT2D eigenvalue weighted by atomic mass is 79.9. The monoisotopic (exact) mass is 361 g/mol. The minimum atomic E-state index is -0.324. The molecule has 0 amide bonds. The van der Waals surface area contributed by atoms with Crippen molar-refractivity contribution in [3.63, 3.8) is 0 Å². The molecule has 0 aliphatic carbocycles. The van der Waals surface area contributed by atoms with E-state index in [4.69, 9.17) is 28.9 Å². The summed E-state index contributed by atoms with van der Waals surface area (Å²) in [6.07, 6.45) is 0.525. The Balaban J connectivity index is 2.20. The Kier molecular flexibility index (Phi) is 4.85. The molecule has 0 aliphatic heterocycles. The molecule has 2 N–H and O–H groups in total. The third-order valence-corrected chi connectivity index (χ3v) is 4.06. The predicted octanol–water partition coefficient (Wildman–Crippen LogP) is 5.14. The van der Waals surface area contributed by atoms with Gasteiger partial charge in [-0.2, -0.15) is 0 Å². The second kappa shape index (κ2) is 6.23. The van der Waals surface area contributed by atoms with Crippen LogP contribution in [-0.4, -0.2) is 0 Å². The quantitative estimate of drug-likeness (QED) is 0.803. The van der Waals surface area contributed by atoms with E-state index in [1.807, 2.05) is 6.07 Å². The highest BCUT2D eigenvalue weighted by Crippen LogP contribution is 2.26. The van der Waals surface area contributed by atoms with Gasteiger partial charge >= 0.3 is 0 Å². The summed E-state index contributed by atoms with van der Waals surface area (Å²) in [5, 5.41) is 1.15. The SMILES string of the molecule is NC(Cc1ccc(Cl)cc1Cl)c1ccc(Br)c(F)c1. The van der Waals surface area contributed by atoms with E-state index in [2.05, 4.69) is 15.9 Å². The summed E-state index contributed by atoms with van der Waals surface area (Å²) in [6.45, 7) is 0. The highest BCUT2D eigenvalue weighted by Gasteiger charge is 2.11. The first-order chi connectivity index (χ1) is 8.97. The molecule has 0 spiro atoms. The summed E-state index contributed by atoms with van der Waals surface area (Å²) in [6, 6.07) is 9.82. The second-order valence-corrected chi connectivity index (χ2v) is 5.92. The van der Waals surface area contributed by atoms with Gasteiger partial charge in [-0.05, 0) is 57.7 Å². The van der Waals surface area contributed by atoms with Crippen molar-refractivity contribution in [3.8, 4) is 0 Å². The van der Waals surface area contributed by atoms with Crippen LogP contribution in [0.3, 0.4) is 0 Å². The van der Waals surface area contributed by atoms with E-state index in [0.717, 1.165) is 11.1 Å². The van der Waals surface area contributed by atoms with Crippen LogP contribution in [0.1, 0.15) is 17.2 Å². The van der Waals surface area contributed by atoms with Gasteiger partial charge in [-0.15, -0.1) is 0 Å². The molecule has 2 rings (SSSR count). The lowest BCUT2D eigenvalue weighted by Gasteiger charge is -2.14. The summed E-state index contributed by atoms with van der Waals surface area (Å²) >= 11 is 15.0. The number of hydrogen-bond donors (Lipinski definition) is 1. The Bertz CT molecular complexity index is 604. The third kappa shape index (κ3) is 3.69. The zero-order chi connectivity index (χ0) is 14.0. The Morgan fingerprint density at radius 1 is 1.16 bits per heavy atom. The Morgan fingerprint density at radius 2 is 1.89 bits per heavy atom. The van der Waals surface area contributed by atoms with E-state index in [9.17, 15) is 4.39 Å². The first-order valence-electron chi connectivity index (χ1n) is 5.62. The first kappa shape index (κ1) is 14.8. The maximum atomic E-state index is 13.5. The first-order valence-corrected chi connectivity index (χ1v) is 7.16. The molecule has 2 aromatic rings. The van der Waals surface area contributed by atoms with Crippen LogP contribution < -0.4 is 5.73 Å². The maximum Gasteiger partial charge on any atom is 0.137 e. The van der Waals surface area contributed by atoms with Crippen LogP contribution in [0.25, 0.3) is 0 Å². The van der Waals surface area contributed by atoms with Crippen LogP contribution >= 0.6 is 39.1 Å². The molecule has 0 saturated heterocycles. The largest absolute Gasteiger partial charge is 0.324 e. The van der Waals surface area contributed by atoms with E-state index >= 15 is 0 Å². The van der Waals surface area contributed by atoms with Gasteiger partial charge in [0.1, 0.15) is 5.82 Å². The van der Waals surface area contributed by atoms with Crippen LogP contribution in [0.2, 0.25) is 10.0 Å². The molecule has 0 bridgehead atoms. The van der Waals surface area contributed by atoms with Crippen LogP contribution in [0, 0.1) is 5.82 Å². The number of benzene rings is 2. The fourth-order valence-corrected chi connectivity index (χ4v) is 2.52. The summed E-state index contributed by atoms with van der Waals surface area (Å²) in [4.78, 5) is 0. The van der Waals surface area contributed by atoms with Crippen molar-refractivity contribution in [1.29, 1.82) is 0 Å². The lowest BCUT2D eigenvalue weighted by atomic mass is 9.99. The molecule has 0 aromatic heterocycles. The average Bonchev–Trinajstić information content (AvgIpc) is 2.36. The molecule has 19 heavy (non-hydrogen) atoms. The van der Waals surface area contributed by atoms with E-state index < -0.39 is 0 Å². The highest BCUT2D eigenvalue weighted by molar-refractivity contribution is 9.10. The Labute approximate surface area is 129 Å². The topological polar surface area (TPSA) is 26.0 Å². The van der Waals surface area contributed by atoms with Crippen molar-refractivity contribution >= 4 is 39.1 Å². The van der Waals surface area contributed by atoms with Crippen LogP contribution in [-0.2, 0) is 6.42 Å². The standard InChI is InChI=1S/C14H11BrCl2FN/c15-11-4-2-9(5-13(11)18)14(19)6-8-1-3-10(16)7-12(8)17/h1-5,7,14H,6,19H2. The van der Waals surface area contributed by atoms with Gasteiger partial charge in [-0.3, -0.25) is 0 Å². The normalized spacial score (nSPS) is 12.5. The molecule has 0 radical (unpaired) electrons. The minimum Gasteiger partial charge on any atom is -0.324 e. The van der Waals surface area contributed by atoms with Gasteiger partial charge in [0.2, 0.25) is 0 Å². The zero-order valence-electron chi connectivity index (χ0n) is 9.84. The molecule has 1 unspecified atom stereocenters. The van der Waals surface area contributed by atoms with Crippen molar-refractivity contribution in [2.75, 3.05) is 0 Å². The molecule has 0 fully saturated rings. The van der Waals surface area contributed by atoms with Crippen molar-refractivity contribution in [1.82, 2.24) is 0 Å². The van der Waals surface area contributed by atoms with Crippen LogP contribution in [0.5, 0.6) is 0 Å². The fraction of sp³-hybridized carbons (Fsp3) is 0.143. The van der Waals surface area contributed by atoms with Crippen LogP contribution in [0.4, 0.5) is 4.39 Å². The van der Waals surface area contributed by atoms with Crippen molar-refractivity contribution < 1.29 is 4.39 Å². The molecule has 0 saturated carbocycles. The molecule has 1 atom stereocenters. The lowest BCUT2D eigenvalue weighted by molar-refractivity contribution is 0.612. The van der Waals surface area contributed by atoms with Crippen LogP contribution in [0.15, 0.2) is 40.9 Å². The number of hydrogen-bond acceptors (Lipinski definition) is 1. The summed E-state index contributed by atoms with van der Waals surface area (Å²) in [5.74, 6) is -0.324.